The second-order valence-corrected chi connectivity index (χ2v) is 10.6. The SMILES string of the molecule is CCc1cc2c(=O)n(CC(=O)c3ccc(OC)c(C)c3)c(=O)n(Cc3ccc(-c4ccccc4C#N)cc3)c2s1. The lowest BCUT2D eigenvalue weighted by Gasteiger charge is -2.13. The Balaban J connectivity index is 1.54. The summed E-state index contributed by atoms with van der Waals surface area (Å²) in [4.78, 5) is 41.9. The Morgan fingerprint density at radius 3 is 2.42 bits per heavy atom. The first-order valence-corrected chi connectivity index (χ1v) is 13.7. The third-order valence-electron chi connectivity index (χ3n) is 6.97. The summed E-state index contributed by atoms with van der Waals surface area (Å²) in [5.41, 5.74) is 3.38. The number of carbonyl (C=O) groups is 1. The van der Waals surface area contributed by atoms with Crippen LogP contribution in [0.4, 0.5) is 0 Å². The molecule has 8 heteroatoms. The molecule has 0 fully saturated rings. The van der Waals surface area contributed by atoms with Gasteiger partial charge in [0.05, 0.1) is 37.2 Å². The van der Waals surface area contributed by atoms with Crippen molar-refractivity contribution in [2.24, 2.45) is 0 Å². The van der Waals surface area contributed by atoms with Gasteiger partial charge in [-0.2, -0.15) is 5.26 Å². The first-order chi connectivity index (χ1) is 19.3. The fourth-order valence-electron chi connectivity index (χ4n) is 4.79. The minimum atomic E-state index is -0.528. The molecule has 200 valence electrons. The number of thiophene rings is 1. The summed E-state index contributed by atoms with van der Waals surface area (Å²) >= 11 is 1.42. The number of methoxy groups -OCH3 is 1. The summed E-state index contributed by atoms with van der Waals surface area (Å²) < 4.78 is 7.89. The molecule has 40 heavy (non-hydrogen) atoms. The predicted octanol–water partition coefficient (Wildman–Crippen LogP) is 5.57. The predicted molar refractivity (Wildman–Crippen MR) is 157 cm³/mol. The molecule has 0 bridgehead atoms. The summed E-state index contributed by atoms with van der Waals surface area (Å²) in [5.74, 6) is 0.326. The van der Waals surface area contributed by atoms with Crippen molar-refractivity contribution in [1.82, 2.24) is 9.13 Å². The van der Waals surface area contributed by atoms with Crippen LogP contribution in [0.1, 0.15) is 38.8 Å². The maximum Gasteiger partial charge on any atom is 0.332 e. The van der Waals surface area contributed by atoms with Crippen molar-refractivity contribution in [3.63, 3.8) is 0 Å². The number of hydrogen-bond acceptors (Lipinski definition) is 6. The van der Waals surface area contributed by atoms with E-state index in [0.29, 0.717) is 27.1 Å². The van der Waals surface area contributed by atoms with Crippen LogP contribution < -0.4 is 16.0 Å². The molecule has 0 radical (unpaired) electrons. The lowest BCUT2D eigenvalue weighted by molar-refractivity contribution is 0.0968. The van der Waals surface area contributed by atoms with Crippen molar-refractivity contribution in [3.05, 3.63) is 121 Å². The third kappa shape index (κ3) is 4.99. The molecule has 2 aromatic heterocycles. The summed E-state index contributed by atoms with van der Waals surface area (Å²) in [7, 11) is 1.56. The minimum Gasteiger partial charge on any atom is -0.496 e. The Bertz CT molecular complexity index is 1910. The maximum atomic E-state index is 13.7. The van der Waals surface area contributed by atoms with Crippen LogP contribution in [0, 0.1) is 18.3 Å². The zero-order chi connectivity index (χ0) is 28.4. The molecule has 3 aromatic carbocycles. The first-order valence-electron chi connectivity index (χ1n) is 12.9. The van der Waals surface area contributed by atoms with E-state index < -0.39 is 11.2 Å². The van der Waals surface area contributed by atoms with Gasteiger partial charge in [0.25, 0.3) is 5.56 Å². The molecule has 0 unspecified atom stereocenters. The van der Waals surface area contributed by atoms with E-state index in [4.69, 9.17) is 4.74 Å². The van der Waals surface area contributed by atoms with Gasteiger partial charge >= 0.3 is 5.69 Å². The zero-order valence-corrected chi connectivity index (χ0v) is 23.2. The van der Waals surface area contributed by atoms with Crippen molar-refractivity contribution in [1.29, 1.82) is 5.26 Å². The highest BCUT2D eigenvalue weighted by atomic mass is 32.1. The van der Waals surface area contributed by atoms with Gasteiger partial charge in [-0.15, -0.1) is 11.3 Å². The molecule has 0 saturated carbocycles. The monoisotopic (exact) mass is 549 g/mol. The summed E-state index contributed by atoms with van der Waals surface area (Å²) in [6.07, 6.45) is 0.726. The number of rotatable bonds is 8. The molecule has 0 saturated heterocycles. The molecule has 5 aromatic rings. The molecule has 7 nitrogen and oxygen atoms in total. The lowest BCUT2D eigenvalue weighted by atomic mass is 9.99. The number of Topliss-reactive ketones (excluding diaryl/α,β-unsaturated/α-hetero) is 1. The second kappa shape index (κ2) is 11.2. The average molecular weight is 550 g/mol. The lowest BCUT2D eigenvalue weighted by Crippen LogP contribution is -2.41. The largest absolute Gasteiger partial charge is 0.496 e. The topological polar surface area (TPSA) is 94.1 Å². The molecule has 0 N–H and O–H groups in total. The van der Waals surface area contributed by atoms with E-state index in [2.05, 4.69) is 6.07 Å². The van der Waals surface area contributed by atoms with Crippen LogP contribution in [0.15, 0.2) is 82.4 Å². The van der Waals surface area contributed by atoms with Crippen molar-refractivity contribution in [2.45, 2.75) is 33.4 Å². The third-order valence-corrected chi connectivity index (χ3v) is 8.27. The Hall–Kier alpha value is -4.74. The van der Waals surface area contributed by atoms with Crippen LogP contribution in [-0.4, -0.2) is 22.0 Å². The van der Waals surface area contributed by atoms with Gasteiger partial charge in [0, 0.05) is 10.4 Å². The Morgan fingerprint density at radius 2 is 1.75 bits per heavy atom. The van der Waals surface area contributed by atoms with Crippen molar-refractivity contribution in [3.8, 4) is 22.9 Å². The fraction of sp³-hybridized carbons (Fsp3) is 0.188. The molecular weight excluding hydrogens is 522 g/mol. The van der Waals surface area contributed by atoms with Gasteiger partial charge in [-0.25, -0.2) is 4.79 Å². The molecule has 0 amide bonds. The van der Waals surface area contributed by atoms with Gasteiger partial charge in [0.15, 0.2) is 5.78 Å². The molecule has 0 spiro atoms. The standard InChI is InChI=1S/C32H27N3O4S/c1-4-25-16-27-30(37)34(19-28(36)23-13-14-29(39-3)20(2)15-23)32(38)35(31(27)40-25)18-21-9-11-22(12-10-21)26-8-6-5-7-24(26)17-33/h5-16H,4,18-19H2,1-3H3. The summed E-state index contributed by atoms with van der Waals surface area (Å²) in [6, 6.07) is 24.2. The van der Waals surface area contributed by atoms with E-state index in [0.717, 1.165) is 38.1 Å². The van der Waals surface area contributed by atoms with Crippen LogP contribution in [0.25, 0.3) is 21.3 Å². The minimum absolute atomic E-state index is 0.231. The normalized spacial score (nSPS) is 10.9. The number of fused-ring (bicyclic) bond motifs is 1. The van der Waals surface area contributed by atoms with Crippen LogP contribution in [0.2, 0.25) is 0 Å². The first kappa shape index (κ1) is 26.9. The highest BCUT2D eigenvalue weighted by Gasteiger charge is 2.19. The van der Waals surface area contributed by atoms with E-state index in [-0.39, 0.29) is 18.9 Å². The smallest absolute Gasteiger partial charge is 0.332 e. The number of ether oxygens (including phenoxy) is 1. The highest BCUT2D eigenvalue weighted by molar-refractivity contribution is 7.18. The van der Waals surface area contributed by atoms with E-state index in [1.54, 1.807) is 35.9 Å². The number of aryl methyl sites for hydroxylation is 2. The number of hydrogen-bond donors (Lipinski definition) is 0. The van der Waals surface area contributed by atoms with Crippen LogP contribution in [0.5, 0.6) is 5.75 Å². The van der Waals surface area contributed by atoms with Crippen LogP contribution in [0.3, 0.4) is 0 Å². The van der Waals surface area contributed by atoms with E-state index in [9.17, 15) is 19.6 Å². The van der Waals surface area contributed by atoms with Gasteiger partial charge in [0.2, 0.25) is 0 Å². The van der Waals surface area contributed by atoms with Gasteiger partial charge in [0.1, 0.15) is 10.6 Å². The van der Waals surface area contributed by atoms with Crippen molar-refractivity contribution < 1.29 is 9.53 Å². The molecule has 5 rings (SSSR count). The average Bonchev–Trinajstić information content (AvgIpc) is 3.42. The Morgan fingerprint density at radius 1 is 1.00 bits per heavy atom. The quantitative estimate of drug-likeness (QED) is 0.236. The Kier molecular flexibility index (Phi) is 7.50. The van der Waals surface area contributed by atoms with E-state index in [1.165, 1.54) is 11.3 Å². The number of ketones is 1. The Labute approximate surface area is 235 Å². The molecule has 0 aliphatic carbocycles. The molecule has 2 heterocycles. The van der Waals surface area contributed by atoms with Crippen LogP contribution >= 0.6 is 11.3 Å². The fourth-order valence-corrected chi connectivity index (χ4v) is 5.87. The van der Waals surface area contributed by atoms with Gasteiger partial charge in [-0.1, -0.05) is 49.4 Å². The molecule has 0 aliphatic rings. The number of aromatic nitrogens is 2. The number of nitrogens with zero attached hydrogens (tertiary/aromatic N) is 3. The maximum absolute atomic E-state index is 13.7. The summed E-state index contributed by atoms with van der Waals surface area (Å²) in [5, 5.41) is 9.89. The van der Waals surface area contributed by atoms with Crippen molar-refractivity contribution >= 4 is 27.3 Å². The van der Waals surface area contributed by atoms with E-state index in [1.807, 2.05) is 62.4 Å². The van der Waals surface area contributed by atoms with Crippen molar-refractivity contribution in [2.75, 3.05) is 7.11 Å². The number of nitriles is 1. The van der Waals surface area contributed by atoms with Gasteiger partial charge < -0.3 is 4.74 Å². The number of benzene rings is 3. The second-order valence-electron chi connectivity index (χ2n) is 9.51. The molecule has 0 aliphatic heterocycles. The molecule has 0 atom stereocenters. The molecular formula is C32H27N3O4S. The number of carbonyl (C=O) groups excluding carboxylic acids is 1. The summed E-state index contributed by atoms with van der Waals surface area (Å²) in [6.45, 7) is 3.71. The highest BCUT2D eigenvalue weighted by Crippen LogP contribution is 2.26. The van der Waals surface area contributed by atoms with Gasteiger partial charge in [-0.05, 0) is 65.9 Å². The van der Waals surface area contributed by atoms with Gasteiger partial charge in [-0.3, -0.25) is 18.7 Å². The van der Waals surface area contributed by atoms with Crippen LogP contribution in [-0.2, 0) is 19.5 Å². The zero-order valence-electron chi connectivity index (χ0n) is 22.4. The van der Waals surface area contributed by atoms with E-state index >= 15 is 0 Å².